The number of esters is 2. The Labute approximate surface area is 426 Å². The van der Waals surface area contributed by atoms with Gasteiger partial charge < -0.3 is 29.6 Å². The summed E-state index contributed by atoms with van der Waals surface area (Å²) in [5.41, 5.74) is 6.03. The Hall–Kier alpha value is -5.34. The summed E-state index contributed by atoms with van der Waals surface area (Å²) in [6.07, 6.45) is 29.5. The molecule has 0 aromatic heterocycles. The number of rotatable bonds is 24. The van der Waals surface area contributed by atoms with E-state index in [0.717, 1.165) is 33.4 Å². The van der Waals surface area contributed by atoms with Crippen molar-refractivity contribution in [2.24, 2.45) is 10.8 Å². The second-order valence-corrected chi connectivity index (χ2v) is 20.6. The molecule has 384 valence electrons. The zero-order chi connectivity index (χ0) is 52.6. The average Bonchev–Trinajstić information content (AvgIpc) is 3.28. The second-order valence-electron chi connectivity index (χ2n) is 18.6. The Morgan fingerprint density at radius 2 is 0.914 bits per heavy atom. The third-order valence-electron chi connectivity index (χ3n) is 11.7. The van der Waals surface area contributed by atoms with E-state index in [2.05, 4.69) is 10.6 Å². The van der Waals surface area contributed by atoms with Crippen LogP contribution in [0.1, 0.15) is 109 Å². The van der Waals surface area contributed by atoms with Gasteiger partial charge in [0.2, 0.25) is 0 Å². The van der Waals surface area contributed by atoms with Gasteiger partial charge in [0.25, 0.3) is 0 Å². The van der Waals surface area contributed by atoms with Crippen LogP contribution in [0.25, 0.3) is 0 Å². The lowest BCUT2D eigenvalue weighted by Gasteiger charge is -2.36. The number of allylic oxidation sites excluding steroid dienone is 20. The zero-order valence-corrected chi connectivity index (χ0v) is 45.6. The fourth-order valence-corrected chi connectivity index (χ4v) is 8.77. The third kappa shape index (κ3) is 20.6. The molecule has 0 spiro atoms. The van der Waals surface area contributed by atoms with Crippen LogP contribution in [0.3, 0.4) is 0 Å². The number of thioether (sulfide) groups is 2. The molecule has 2 N–H and O–H groups in total. The number of nitrogens with one attached hydrogen (secondary N) is 2. The van der Waals surface area contributed by atoms with Gasteiger partial charge in [0.1, 0.15) is 12.1 Å². The topological polar surface area (TPSA) is 163 Å². The molecular weight excluding hydrogens is 925 g/mol. The lowest BCUT2D eigenvalue weighted by Crippen LogP contribution is -2.46. The van der Waals surface area contributed by atoms with E-state index in [-0.39, 0.29) is 24.8 Å². The first-order valence-corrected chi connectivity index (χ1v) is 26.6. The van der Waals surface area contributed by atoms with Crippen LogP contribution in [0, 0.1) is 10.8 Å². The van der Waals surface area contributed by atoms with Gasteiger partial charge in [0, 0.05) is 12.8 Å². The summed E-state index contributed by atoms with van der Waals surface area (Å²) >= 11 is 3.10. The number of carbonyl (C=O) groups is 6. The molecule has 12 nitrogen and oxygen atoms in total. The number of ketones is 2. The molecule has 0 saturated carbocycles. The third-order valence-corrected chi connectivity index (χ3v) is 13.0. The van der Waals surface area contributed by atoms with E-state index in [0.29, 0.717) is 48.3 Å². The Kier molecular flexibility index (Phi) is 26.4. The fraction of sp³-hybridized carbons (Fsp3) is 0.500. The number of hydrogen-bond donors (Lipinski definition) is 2. The molecule has 0 aromatic carbocycles. The quantitative estimate of drug-likeness (QED) is 0.0535. The van der Waals surface area contributed by atoms with Crippen molar-refractivity contribution >= 4 is 59.2 Å². The highest BCUT2D eigenvalue weighted by Gasteiger charge is 2.42. The van der Waals surface area contributed by atoms with Crippen LogP contribution in [0.4, 0.5) is 9.59 Å². The number of alkyl carbamates (subject to hydrolysis) is 2. The van der Waals surface area contributed by atoms with Crippen LogP contribution < -0.4 is 10.6 Å². The summed E-state index contributed by atoms with van der Waals surface area (Å²) in [6, 6.07) is -1.70. The predicted octanol–water partition coefficient (Wildman–Crippen LogP) is 11.7. The maximum absolute atomic E-state index is 13.4. The zero-order valence-electron chi connectivity index (χ0n) is 43.9. The fourth-order valence-electron chi connectivity index (χ4n) is 7.82. The first kappa shape index (κ1) is 60.8. The predicted molar refractivity (Wildman–Crippen MR) is 287 cm³/mol. The molecule has 0 radical (unpaired) electrons. The standard InChI is InChI=1S/C56H78N2O10S2/c1-15-65-51(61)45(31-33-69-13)57-53(63)67-47-35-55(9,10)43(41(7)49(47)59)29-27-39(5)25-19-23-37(3)21-17-18-22-38(4)24-20-26-40(6)28-30-44-42(8)50(60)48(36-56(44,11)12)68-54(64)58-46(32-34-70-14)52(62)66-16-2/h17-30,45-48H,15-16,31-36H2,1-14H3,(H,57,63)(H,58,64)/b18-17+,23-19+,24-20+,29-27+,30-28+,37-21+,38-22+,39-25+,40-26+. The van der Waals surface area contributed by atoms with Gasteiger partial charge in [-0.15, -0.1) is 0 Å². The lowest BCUT2D eigenvalue weighted by atomic mass is 9.71. The molecule has 0 fully saturated rings. The maximum atomic E-state index is 13.4. The molecule has 4 unspecified atom stereocenters. The largest absolute Gasteiger partial charge is 0.464 e. The van der Waals surface area contributed by atoms with Gasteiger partial charge in [-0.25, -0.2) is 19.2 Å². The molecule has 70 heavy (non-hydrogen) atoms. The summed E-state index contributed by atoms with van der Waals surface area (Å²) in [7, 11) is 0. The van der Waals surface area contributed by atoms with Crippen molar-refractivity contribution in [3.63, 3.8) is 0 Å². The lowest BCUT2D eigenvalue weighted by molar-refractivity contribution is -0.146. The van der Waals surface area contributed by atoms with E-state index in [1.54, 1.807) is 51.2 Å². The van der Waals surface area contributed by atoms with Crippen LogP contribution >= 0.6 is 23.5 Å². The van der Waals surface area contributed by atoms with E-state index in [9.17, 15) is 28.8 Å². The first-order valence-electron chi connectivity index (χ1n) is 23.9. The minimum absolute atomic E-state index is 0.196. The highest BCUT2D eigenvalue weighted by molar-refractivity contribution is 7.98. The number of ether oxygens (including phenoxy) is 4. The summed E-state index contributed by atoms with van der Waals surface area (Å²) in [5, 5.41) is 5.19. The van der Waals surface area contributed by atoms with Crippen molar-refractivity contribution in [3.8, 4) is 0 Å². The van der Waals surface area contributed by atoms with Crippen molar-refractivity contribution in [2.45, 2.75) is 133 Å². The Morgan fingerprint density at radius 1 is 0.586 bits per heavy atom. The molecule has 14 heteroatoms. The van der Waals surface area contributed by atoms with Crippen molar-refractivity contribution < 1.29 is 47.7 Å². The Morgan fingerprint density at radius 3 is 1.24 bits per heavy atom. The molecule has 0 saturated heterocycles. The van der Waals surface area contributed by atoms with E-state index >= 15 is 0 Å². The molecule has 0 heterocycles. The Balaban J connectivity index is 2.00. The molecule has 2 amide bonds. The molecule has 4 atom stereocenters. The van der Waals surface area contributed by atoms with E-state index in [1.165, 1.54) is 0 Å². The minimum atomic E-state index is -0.965. The average molecular weight is 1000 g/mol. The van der Waals surface area contributed by atoms with Crippen molar-refractivity contribution in [3.05, 3.63) is 130 Å². The first-order chi connectivity index (χ1) is 33.0. The number of carbonyl (C=O) groups excluding carboxylic acids is 6. The number of hydrogen-bond acceptors (Lipinski definition) is 12. The molecule has 2 rings (SSSR count). The van der Waals surface area contributed by atoms with Gasteiger partial charge in [0.15, 0.2) is 23.8 Å². The highest BCUT2D eigenvalue weighted by atomic mass is 32.2. The molecule has 2 aliphatic rings. The van der Waals surface area contributed by atoms with Gasteiger partial charge in [-0.1, -0.05) is 135 Å². The van der Waals surface area contributed by atoms with Crippen LogP contribution in [0.2, 0.25) is 0 Å². The number of Topliss-reactive ketones (excluding diaryl/α,β-unsaturated/α-hetero) is 2. The highest BCUT2D eigenvalue weighted by Crippen LogP contribution is 2.42. The van der Waals surface area contributed by atoms with E-state index in [4.69, 9.17) is 18.9 Å². The normalized spacial score (nSPS) is 20.3. The second kappa shape index (κ2) is 30.4. The van der Waals surface area contributed by atoms with E-state index < -0.39 is 59.2 Å². The summed E-state index contributed by atoms with van der Waals surface area (Å²) < 4.78 is 21.4. The molecule has 2 aliphatic carbocycles. The monoisotopic (exact) mass is 1000 g/mol. The minimum Gasteiger partial charge on any atom is -0.464 e. The van der Waals surface area contributed by atoms with Gasteiger partial charge in [-0.05, 0) is 125 Å². The van der Waals surface area contributed by atoms with Crippen LogP contribution in [0.5, 0.6) is 0 Å². The maximum Gasteiger partial charge on any atom is 0.408 e. The number of amides is 2. The molecule has 0 aromatic rings. The van der Waals surface area contributed by atoms with Gasteiger partial charge in [0.05, 0.1) is 13.2 Å². The van der Waals surface area contributed by atoms with Crippen LogP contribution in [-0.4, -0.2) is 97.2 Å². The van der Waals surface area contributed by atoms with E-state index in [1.807, 2.05) is 153 Å². The SMILES string of the molecule is CCOC(=O)C(CCSC)NC(=O)OC1CC(C)(C)C(/C=C/C(C)=C/C=C/C(C)=C/C=C/C=C(C)/C=C/C=C(C)/C=C/C2=C(C)C(=O)C(OC(=O)NC(CCSC)C(=O)OCC)CC2(C)C)=C(C)C1=O. The van der Waals surface area contributed by atoms with Crippen LogP contribution in [0.15, 0.2) is 130 Å². The molecule has 0 bridgehead atoms. The van der Waals surface area contributed by atoms with Gasteiger partial charge in [-0.3, -0.25) is 9.59 Å². The summed E-state index contributed by atoms with van der Waals surface area (Å²) in [5.74, 6) is -0.277. The summed E-state index contributed by atoms with van der Waals surface area (Å²) in [6.45, 7) is 23.4. The smallest absolute Gasteiger partial charge is 0.408 e. The van der Waals surface area contributed by atoms with Crippen molar-refractivity contribution in [2.75, 3.05) is 37.2 Å². The van der Waals surface area contributed by atoms with Crippen molar-refractivity contribution in [1.82, 2.24) is 10.6 Å². The summed E-state index contributed by atoms with van der Waals surface area (Å²) in [4.78, 5) is 77.1. The Bertz CT molecular complexity index is 2080. The van der Waals surface area contributed by atoms with Crippen LogP contribution in [-0.2, 0) is 38.1 Å². The van der Waals surface area contributed by atoms with Gasteiger partial charge in [-0.2, -0.15) is 23.5 Å². The van der Waals surface area contributed by atoms with Crippen molar-refractivity contribution in [1.29, 1.82) is 0 Å². The molecular formula is C56H78N2O10S2. The van der Waals surface area contributed by atoms with Gasteiger partial charge >= 0.3 is 24.1 Å². The molecule has 0 aliphatic heterocycles.